The number of carbonyl (C=O) groups is 4. The molecule has 0 aromatic heterocycles. The van der Waals surface area contributed by atoms with Crippen molar-refractivity contribution in [2.45, 2.75) is 71.8 Å². The average Bonchev–Trinajstić information content (AvgIpc) is 2.82. The molecule has 3 amide bonds. The standard InChI is InChI=1S/C21H28N2O7/c1-12(28-20(2,3)4)15(22-19(27)29-21(5,6)7)18(26)30-23-16(24)13-10-8-9-11-14(13)17(23)25/h8-12,15H,1-7H3,(H,22,27)/t12-,15+/m1/s1. The molecule has 0 saturated carbocycles. The number of hydroxylamine groups is 2. The highest BCUT2D eigenvalue weighted by molar-refractivity contribution is 6.20. The van der Waals surface area contributed by atoms with Gasteiger partial charge in [-0.2, -0.15) is 0 Å². The number of imide groups is 1. The lowest BCUT2D eigenvalue weighted by Crippen LogP contribution is -2.53. The minimum atomic E-state index is -1.33. The third-order valence-corrected chi connectivity index (χ3v) is 3.87. The Balaban J connectivity index is 2.21. The molecule has 1 N–H and O–H groups in total. The van der Waals surface area contributed by atoms with Gasteiger partial charge in [0, 0.05) is 0 Å². The van der Waals surface area contributed by atoms with Crippen LogP contribution in [-0.2, 0) is 19.1 Å². The lowest BCUT2D eigenvalue weighted by atomic mass is 10.1. The van der Waals surface area contributed by atoms with Gasteiger partial charge in [0.2, 0.25) is 0 Å². The Morgan fingerprint density at radius 3 is 1.87 bits per heavy atom. The van der Waals surface area contributed by atoms with Crippen LogP contribution in [0.25, 0.3) is 0 Å². The number of carbonyl (C=O) groups excluding carboxylic acids is 4. The number of fused-ring (bicyclic) bond motifs is 1. The molecule has 9 heteroatoms. The van der Waals surface area contributed by atoms with Crippen molar-refractivity contribution in [1.29, 1.82) is 0 Å². The number of ether oxygens (including phenoxy) is 2. The molecule has 0 aliphatic carbocycles. The molecule has 0 bridgehead atoms. The third kappa shape index (κ3) is 5.79. The summed E-state index contributed by atoms with van der Waals surface area (Å²) >= 11 is 0. The summed E-state index contributed by atoms with van der Waals surface area (Å²) in [5, 5.41) is 2.80. The number of nitrogens with one attached hydrogen (secondary N) is 1. The minimum absolute atomic E-state index is 0.131. The molecule has 1 aromatic carbocycles. The molecule has 0 fully saturated rings. The number of rotatable bonds is 5. The van der Waals surface area contributed by atoms with E-state index >= 15 is 0 Å². The SMILES string of the molecule is C[C@@H](OC(C)(C)C)[C@H](NC(=O)OC(C)(C)C)C(=O)ON1C(=O)c2ccccc2C1=O. The number of hydrogen-bond acceptors (Lipinski definition) is 7. The Hall–Kier alpha value is -2.94. The molecule has 1 aliphatic rings. The van der Waals surface area contributed by atoms with E-state index in [2.05, 4.69) is 5.32 Å². The Kier molecular flexibility index (Phi) is 6.56. The number of benzene rings is 1. The van der Waals surface area contributed by atoms with E-state index < -0.39 is 47.2 Å². The summed E-state index contributed by atoms with van der Waals surface area (Å²) in [6.07, 6.45) is -1.71. The predicted octanol–water partition coefficient (Wildman–Crippen LogP) is 2.84. The molecule has 1 aliphatic heterocycles. The van der Waals surface area contributed by atoms with E-state index in [4.69, 9.17) is 14.3 Å². The predicted molar refractivity (Wildman–Crippen MR) is 106 cm³/mol. The molecule has 164 valence electrons. The van der Waals surface area contributed by atoms with E-state index in [9.17, 15) is 19.2 Å². The maximum absolute atomic E-state index is 12.9. The summed E-state index contributed by atoms with van der Waals surface area (Å²) in [7, 11) is 0. The maximum atomic E-state index is 12.9. The summed E-state index contributed by atoms with van der Waals surface area (Å²) in [5.74, 6) is -2.55. The van der Waals surface area contributed by atoms with Crippen LogP contribution in [0.5, 0.6) is 0 Å². The first-order chi connectivity index (χ1) is 13.7. The van der Waals surface area contributed by atoms with Crippen LogP contribution < -0.4 is 5.32 Å². The van der Waals surface area contributed by atoms with Gasteiger partial charge in [-0.3, -0.25) is 9.59 Å². The first kappa shape index (κ1) is 23.3. The Morgan fingerprint density at radius 1 is 0.933 bits per heavy atom. The Labute approximate surface area is 175 Å². The highest BCUT2D eigenvalue weighted by Crippen LogP contribution is 2.23. The van der Waals surface area contributed by atoms with E-state index in [1.54, 1.807) is 60.6 Å². The fourth-order valence-electron chi connectivity index (χ4n) is 2.82. The van der Waals surface area contributed by atoms with Crippen molar-refractivity contribution in [3.63, 3.8) is 0 Å². The van der Waals surface area contributed by atoms with Crippen LogP contribution in [0.2, 0.25) is 0 Å². The summed E-state index contributed by atoms with van der Waals surface area (Å²) in [5.41, 5.74) is -1.17. The Morgan fingerprint density at radius 2 is 1.43 bits per heavy atom. The summed E-state index contributed by atoms with van der Waals surface area (Å²) in [6, 6.07) is 4.79. The van der Waals surface area contributed by atoms with Crippen molar-refractivity contribution in [1.82, 2.24) is 10.4 Å². The third-order valence-electron chi connectivity index (χ3n) is 3.87. The smallest absolute Gasteiger partial charge is 0.408 e. The molecule has 30 heavy (non-hydrogen) atoms. The van der Waals surface area contributed by atoms with Gasteiger partial charge in [-0.1, -0.05) is 17.2 Å². The van der Waals surface area contributed by atoms with E-state index in [-0.39, 0.29) is 11.1 Å². The van der Waals surface area contributed by atoms with Crippen molar-refractivity contribution < 1.29 is 33.5 Å². The van der Waals surface area contributed by atoms with Crippen LogP contribution in [-0.4, -0.2) is 52.3 Å². The highest BCUT2D eigenvalue weighted by atomic mass is 16.7. The van der Waals surface area contributed by atoms with E-state index in [0.717, 1.165) is 0 Å². The van der Waals surface area contributed by atoms with Gasteiger partial charge in [0.25, 0.3) is 11.8 Å². The molecule has 9 nitrogen and oxygen atoms in total. The van der Waals surface area contributed by atoms with Crippen molar-refractivity contribution in [2.75, 3.05) is 0 Å². The minimum Gasteiger partial charge on any atom is -0.444 e. The molecule has 2 atom stereocenters. The second-order valence-corrected chi connectivity index (χ2v) is 8.92. The van der Waals surface area contributed by atoms with Gasteiger partial charge in [-0.05, 0) is 60.6 Å². The average molecular weight is 420 g/mol. The van der Waals surface area contributed by atoms with E-state index in [1.165, 1.54) is 12.1 Å². The van der Waals surface area contributed by atoms with Gasteiger partial charge in [0.05, 0.1) is 22.8 Å². The van der Waals surface area contributed by atoms with Crippen LogP contribution >= 0.6 is 0 Å². The Bertz CT molecular complexity index is 817. The zero-order chi connectivity index (χ0) is 22.9. The first-order valence-electron chi connectivity index (χ1n) is 9.56. The van der Waals surface area contributed by atoms with Gasteiger partial charge in [-0.25, -0.2) is 9.59 Å². The first-order valence-corrected chi connectivity index (χ1v) is 9.56. The molecule has 0 radical (unpaired) electrons. The lowest BCUT2D eigenvalue weighted by molar-refractivity contribution is -0.177. The largest absolute Gasteiger partial charge is 0.444 e. The van der Waals surface area contributed by atoms with Gasteiger partial charge in [0.1, 0.15) is 5.60 Å². The van der Waals surface area contributed by atoms with Crippen LogP contribution in [0, 0.1) is 0 Å². The monoisotopic (exact) mass is 420 g/mol. The van der Waals surface area contributed by atoms with E-state index in [1.807, 2.05) is 0 Å². The quantitative estimate of drug-likeness (QED) is 0.729. The fraction of sp³-hybridized carbons (Fsp3) is 0.524. The number of nitrogens with zero attached hydrogens (tertiary/aromatic N) is 1. The van der Waals surface area contributed by atoms with Crippen LogP contribution in [0.4, 0.5) is 4.79 Å². The summed E-state index contributed by atoms with van der Waals surface area (Å²) in [4.78, 5) is 55.1. The molecule has 0 unspecified atom stereocenters. The summed E-state index contributed by atoms with van der Waals surface area (Å²) in [6.45, 7) is 11.9. The molecular formula is C21H28N2O7. The van der Waals surface area contributed by atoms with Crippen molar-refractivity contribution in [2.24, 2.45) is 0 Å². The molecular weight excluding hydrogens is 392 g/mol. The van der Waals surface area contributed by atoms with E-state index in [0.29, 0.717) is 5.06 Å². The topological polar surface area (TPSA) is 111 Å². The second kappa shape index (κ2) is 8.43. The van der Waals surface area contributed by atoms with Gasteiger partial charge < -0.3 is 19.6 Å². The molecule has 1 aromatic rings. The normalized spacial score (nSPS) is 16.0. The van der Waals surface area contributed by atoms with Gasteiger partial charge in [-0.15, -0.1) is 0 Å². The highest BCUT2D eigenvalue weighted by Gasteiger charge is 2.42. The molecule has 0 spiro atoms. The fourth-order valence-corrected chi connectivity index (χ4v) is 2.82. The zero-order valence-corrected chi connectivity index (χ0v) is 18.3. The van der Waals surface area contributed by atoms with Crippen molar-refractivity contribution >= 4 is 23.9 Å². The number of hydrogen-bond donors (Lipinski definition) is 1. The maximum Gasteiger partial charge on any atom is 0.408 e. The van der Waals surface area contributed by atoms with Crippen LogP contribution in [0.1, 0.15) is 69.2 Å². The number of amides is 3. The molecule has 2 rings (SSSR count). The van der Waals surface area contributed by atoms with Gasteiger partial charge >= 0.3 is 12.1 Å². The van der Waals surface area contributed by atoms with Crippen molar-refractivity contribution in [3.8, 4) is 0 Å². The van der Waals surface area contributed by atoms with Crippen molar-refractivity contribution in [3.05, 3.63) is 35.4 Å². The van der Waals surface area contributed by atoms with Gasteiger partial charge in [0.15, 0.2) is 6.04 Å². The van der Waals surface area contributed by atoms with Crippen LogP contribution in [0.15, 0.2) is 24.3 Å². The summed E-state index contributed by atoms with van der Waals surface area (Å²) < 4.78 is 11.0. The molecule has 1 heterocycles. The van der Waals surface area contributed by atoms with Crippen LogP contribution in [0.3, 0.4) is 0 Å². The molecule has 0 saturated heterocycles. The second-order valence-electron chi connectivity index (χ2n) is 8.92. The number of alkyl carbamates (subject to hydrolysis) is 1. The zero-order valence-electron chi connectivity index (χ0n) is 18.3. The lowest BCUT2D eigenvalue weighted by Gasteiger charge is -2.31.